The quantitative estimate of drug-likeness (QED) is 0.602. The number of nitrogens with one attached hydrogen (secondary N) is 1. The lowest BCUT2D eigenvalue weighted by molar-refractivity contribution is 0.207. The molecule has 134 valence electrons. The van der Waals surface area contributed by atoms with Crippen LogP contribution in [0.5, 0.6) is 5.75 Å². The van der Waals surface area contributed by atoms with Crippen LogP contribution in [0.15, 0.2) is 41.9 Å². The molecular formula is C18H25N5OS. The van der Waals surface area contributed by atoms with E-state index in [0.717, 1.165) is 49.2 Å². The van der Waals surface area contributed by atoms with E-state index in [4.69, 9.17) is 4.74 Å². The molecule has 1 aliphatic heterocycles. The van der Waals surface area contributed by atoms with Crippen molar-refractivity contribution in [1.29, 1.82) is 0 Å². The summed E-state index contributed by atoms with van der Waals surface area (Å²) in [6, 6.07) is 6.35. The molecule has 0 aliphatic carbocycles. The smallest absolute Gasteiger partial charge is 0.189 e. The zero-order valence-corrected chi connectivity index (χ0v) is 15.6. The summed E-state index contributed by atoms with van der Waals surface area (Å²) in [6.45, 7) is 4.95. The first-order valence-corrected chi connectivity index (χ1v) is 9.89. The molecule has 3 rings (SSSR count). The number of hydrogen-bond acceptors (Lipinski definition) is 7. The highest BCUT2D eigenvalue weighted by Crippen LogP contribution is 2.20. The number of pyridine rings is 1. The monoisotopic (exact) mass is 359 g/mol. The van der Waals surface area contributed by atoms with E-state index >= 15 is 0 Å². The van der Waals surface area contributed by atoms with Gasteiger partial charge in [0.1, 0.15) is 17.7 Å². The van der Waals surface area contributed by atoms with Crippen LogP contribution in [0.4, 0.5) is 5.82 Å². The van der Waals surface area contributed by atoms with E-state index in [2.05, 4.69) is 32.1 Å². The lowest BCUT2D eigenvalue weighted by Crippen LogP contribution is -2.45. The van der Waals surface area contributed by atoms with Crippen molar-refractivity contribution >= 4 is 17.6 Å². The van der Waals surface area contributed by atoms with Crippen LogP contribution in [0.3, 0.4) is 0 Å². The highest BCUT2D eigenvalue weighted by Gasteiger charge is 2.20. The summed E-state index contributed by atoms with van der Waals surface area (Å²) in [5.41, 5.74) is 0. The van der Waals surface area contributed by atoms with Crippen LogP contribution in [0.25, 0.3) is 0 Å². The summed E-state index contributed by atoms with van der Waals surface area (Å²) < 4.78 is 5.87. The largest absolute Gasteiger partial charge is 0.488 e. The van der Waals surface area contributed by atoms with Gasteiger partial charge in [-0.2, -0.15) is 0 Å². The van der Waals surface area contributed by atoms with Crippen LogP contribution in [0.1, 0.15) is 19.8 Å². The standard InChI is InChI=1S/C18H25N5OS/c1-14(24-16-4-3-8-19-13-16)12-21-15-6-10-23(11-7-15)17-5-9-20-18(22-17)25-2/h3-5,8-9,13-15,21H,6-7,10-12H2,1-2H3/t14-/m1/s1. The Kier molecular flexibility index (Phi) is 6.47. The Labute approximate surface area is 153 Å². The highest BCUT2D eigenvalue weighted by atomic mass is 32.2. The van der Waals surface area contributed by atoms with Crippen molar-refractivity contribution in [1.82, 2.24) is 20.3 Å². The van der Waals surface area contributed by atoms with Crippen molar-refractivity contribution in [3.8, 4) is 5.75 Å². The maximum absolute atomic E-state index is 5.87. The first-order chi connectivity index (χ1) is 12.2. The summed E-state index contributed by atoms with van der Waals surface area (Å²) in [5.74, 6) is 1.85. The second-order valence-corrected chi connectivity index (χ2v) is 6.96. The Balaban J connectivity index is 1.41. The molecule has 0 saturated carbocycles. The minimum Gasteiger partial charge on any atom is -0.488 e. The Morgan fingerprint density at radius 1 is 1.32 bits per heavy atom. The molecule has 1 fully saturated rings. The molecule has 2 aromatic rings. The van der Waals surface area contributed by atoms with Gasteiger partial charge in [0.2, 0.25) is 0 Å². The third-order valence-electron chi connectivity index (χ3n) is 4.29. The van der Waals surface area contributed by atoms with E-state index in [9.17, 15) is 0 Å². The van der Waals surface area contributed by atoms with Crippen LogP contribution in [0, 0.1) is 0 Å². The fourth-order valence-electron chi connectivity index (χ4n) is 2.94. The molecule has 0 radical (unpaired) electrons. The molecule has 1 N–H and O–H groups in total. The van der Waals surface area contributed by atoms with Crippen molar-refractivity contribution in [2.75, 3.05) is 30.8 Å². The second kappa shape index (κ2) is 9.01. The molecular weight excluding hydrogens is 334 g/mol. The Morgan fingerprint density at radius 2 is 2.16 bits per heavy atom. The SMILES string of the molecule is CSc1nccc(N2CCC(NC[C@@H](C)Oc3cccnc3)CC2)n1. The van der Waals surface area contributed by atoms with Gasteiger partial charge in [0.25, 0.3) is 0 Å². The van der Waals surface area contributed by atoms with Crippen molar-refractivity contribution in [3.05, 3.63) is 36.8 Å². The van der Waals surface area contributed by atoms with Crippen LogP contribution in [-0.4, -0.2) is 53.0 Å². The van der Waals surface area contributed by atoms with E-state index in [-0.39, 0.29) is 6.10 Å². The predicted molar refractivity (Wildman–Crippen MR) is 101 cm³/mol. The van der Waals surface area contributed by atoms with Crippen LogP contribution in [-0.2, 0) is 0 Å². The maximum atomic E-state index is 5.87. The summed E-state index contributed by atoms with van der Waals surface area (Å²) >= 11 is 1.58. The van der Waals surface area contributed by atoms with Gasteiger partial charge in [-0.25, -0.2) is 9.97 Å². The van der Waals surface area contributed by atoms with Crippen molar-refractivity contribution in [2.24, 2.45) is 0 Å². The lowest BCUT2D eigenvalue weighted by atomic mass is 10.0. The van der Waals surface area contributed by atoms with Gasteiger partial charge < -0.3 is 15.0 Å². The minimum absolute atomic E-state index is 0.119. The Morgan fingerprint density at radius 3 is 2.88 bits per heavy atom. The number of thioether (sulfide) groups is 1. The Bertz CT molecular complexity index is 649. The fourth-order valence-corrected chi connectivity index (χ4v) is 3.29. The van der Waals surface area contributed by atoms with Gasteiger partial charge in [-0.15, -0.1) is 0 Å². The fraction of sp³-hybridized carbons (Fsp3) is 0.500. The van der Waals surface area contributed by atoms with Gasteiger partial charge in [0, 0.05) is 38.1 Å². The average molecular weight is 359 g/mol. The second-order valence-electron chi connectivity index (χ2n) is 6.19. The number of piperidine rings is 1. The van der Waals surface area contributed by atoms with Crippen molar-refractivity contribution < 1.29 is 4.74 Å². The number of hydrogen-bond donors (Lipinski definition) is 1. The molecule has 3 heterocycles. The summed E-state index contributed by atoms with van der Waals surface area (Å²) in [7, 11) is 0. The van der Waals surface area contributed by atoms with Gasteiger partial charge in [-0.05, 0) is 44.2 Å². The predicted octanol–water partition coefficient (Wildman–Crippen LogP) is 2.62. The van der Waals surface area contributed by atoms with E-state index in [1.807, 2.05) is 30.7 Å². The summed E-state index contributed by atoms with van der Waals surface area (Å²) in [6.07, 6.45) is 9.69. The number of ether oxygens (including phenoxy) is 1. The van der Waals surface area contributed by atoms with Crippen LogP contribution < -0.4 is 15.0 Å². The highest BCUT2D eigenvalue weighted by molar-refractivity contribution is 7.98. The van der Waals surface area contributed by atoms with Gasteiger partial charge in [0.15, 0.2) is 5.16 Å². The third kappa shape index (κ3) is 5.31. The molecule has 7 heteroatoms. The molecule has 1 saturated heterocycles. The molecule has 0 unspecified atom stereocenters. The van der Waals surface area contributed by atoms with Crippen molar-refractivity contribution in [3.63, 3.8) is 0 Å². The minimum atomic E-state index is 0.119. The first-order valence-electron chi connectivity index (χ1n) is 8.66. The van der Waals surface area contributed by atoms with Gasteiger partial charge in [-0.1, -0.05) is 11.8 Å². The zero-order chi connectivity index (χ0) is 17.5. The topological polar surface area (TPSA) is 63.2 Å². The summed E-state index contributed by atoms with van der Waals surface area (Å²) in [5, 5.41) is 4.46. The number of anilines is 1. The van der Waals surface area contributed by atoms with Crippen molar-refractivity contribution in [2.45, 2.75) is 37.1 Å². The zero-order valence-electron chi connectivity index (χ0n) is 14.8. The molecule has 0 amide bonds. The first kappa shape index (κ1) is 17.9. The molecule has 2 aromatic heterocycles. The number of rotatable bonds is 7. The van der Waals surface area contributed by atoms with E-state index in [1.165, 1.54) is 0 Å². The van der Waals surface area contributed by atoms with Gasteiger partial charge in [-0.3, -0.25) is 4.98 Å². The third-order valence-corrected chi connectivity index (χ3v) is 4.85. The normalized spacial score (nSPS) is 16.6. The molecule has 1 aliphatic rings. The van der Waals surface area contributed by atoms with E-state index in [1.54, 1.807) is 24.2 Å². The maximum Gasteiger partial charge on any atom is 0.189 e. The number of nitrogens with zero attached hydrogens (tertiary/aromatic N) is 4. The molecule has 0 bridgehead atoms. The number of aromatic nitrogens is 3. The average Bonchev–Trinajstić information content (AvgIpc) is 2.67. The molecule has 25 heavy (non-hydrogen) atoms. The van der Waals surface area contributed by atoms with E-state index < -0.39 is 0 Å². The van der Waals surface area contributed by atoms with Gasteiger partial charge in [0.05, 0.1) is 6.20 Å². The Hall–Kier alpha value is -1.86. The molecule has 0 spiro atoms. The molecule has 0 aromatic carbocycles. The molecule has 1 atom stereocenters. The van der Waals surface area contributed by atoms with Crippen LogP contribution in [0.2, 0.25) is 0 Å². The van der Waals surface area contributed by atoms with E-state index in [0.29, 0.717) is 6.04 Å². The van der Waals surface area contributed by atoms with Gasteiger partial charge >= 0.3 is 0 Å². The molecule has 6 nitrogen and oxygen atoms in total. The summed E-state index contributed by atoms with van der Waals surface area (Å²) in [4.78, 5) is 15.3. The van der Waals surface area contributed by atoms with Crippen LogP contribution >= 0.6 is 11.8 Å². The lowest BCUT2D eigenvalue weighted by Gasteiger charge is -2.33.